The Morgan fingerprint density at radius 1 is 0.909 bits per heavy atom. The second-order valence-corrected chi connectivity index (χ2v) is 6.59. The fourth-order valence-corrected chi connectivity index (χ4v) is 3.11. The minimum atomic E-state index is -4.96. The van der Waals surface area contributed by atoms with E-state index in [-0.39, 0.29) is 12.8 Å². The summed E-state index contributed by atoms with van der Waals surface area (Å²) in [5.41, 5.74) is -6.06. The van der Waals surface area contributed by atoms with E-state index < -0.39 is 47.7 Å². The molecule has 1 rings (SSSR count). The van der Waals surface area contributed by atoms with Gasteiger partial charge in [-0.2, -0.15) is 26.3 Å². The standard InChI is InChI=1S/C13H19F6NO2/c1-7-4-8(10(2,20-22)12(14,15)16)6-9(5-7)11(3,21)13(17,18)19/h7-9,21H,4-6H2,1-3H3. The van der Waals surface area contributed by atoms with E-state index >= 15 is 0 Å². The third kappa shape index (κ3) is 3.23. The van der Waals surface area contributed by atoms with Gasteiger partial charge in [0, 0.05) is 0 Å². The summed E-state index contributed by atoms with van der Waals surface area (Å²) in [4.78, 5) is 10.8. The number of halogens is 6. The predicted molar refractivity (Wildman–Crippen MR) is 66.9 cm³/mol. The lowest BCUT2D eigenvalue weighted by Crippen LogP contribution is -2.55. The van der Waals surface area contributed by atoms with Gasteiger partial charge >= 0.3 is 12.4 Å². The molecule has 0 radical (unpaired) electrons. The molecule has 3 nitrogen and oxygen atoms in total. The molecule has 0 amide bonds. The molecule has 0 aromatic heterocycles. The molecule has 9 heteroatoms. The quantitative estimate of drug-likeness (QED) is 0.612. The summed E-state index contributed by atoms with van der Waals surface area (Å²) in [5, 5.41) is 11.9. The van der Waals surface area contributed by atoms with Crippen LogP contribution in [-0.4, -0.2) is 28.6 Å². The maximum absolute atomic E-state index is 13.1. The molecule has 1 aliphatic rings. The third-order valence-electron chi connectivity index (χ3n) is 4.87. The van der Waals surface area contributed by atoms with Crippen molar-refractivity contribution >= 4 is 0 Å². The highest BCUT2D eigenvalue weighted by Gasteiger charge is 2.62. The number of rotatable bonds is 3. The molecular formula is C13H19F6NO2. The monoisotopic (exact) mass is 335 g/mol. The van der Waals surface area contributed by atoms with Gasteiger partial charge in [-0.15, -0.1) is 4.91 Å². The molecule has 1 aliphatic carbocycles. The number of aliphatic hydroxyl groups is 1. The molecule has 22 heavy (non-hydrogen) atoms. The van der Waals surface area contributed by atoms with Gasteiger partial charge in [0.15, 0.2) is 11.1 Å². The van der Waals surface area contributed by atoms with Crippen LogP contribution >= 0.6 is 0 Å². The maximum Gasteiger partial charge on any atom is 0.417 e. The minimum Gasteiger partial charge on any atom is -0.380 e. The van der Waals surface area contributed by atoms with E-state index in [1.165, 1.54) is 6.92 Å². The first kappa shape index (κ1) is 19.2. The average molecular weight is 335 g/mol. The SMILES string of the molecule is CC1CC(C(C)(O)C(F)(F)F)CC(C(C)(N=O)C(F)(F)F)C1. The van der Waals surface area contributed by atoms with Crippen molar-refractivity contribution in [1.82, 2.24) is 0 Å². The summed E-state index contributed by atoms with van der Waals surface area (Å²) >= 11 is 0. The number of nitrogens with zero attached hydrogens (tertiary/aromatic N) is 1. The van der Waals surface area contributed by atoms with Crippen LogP contribution in [0.15, 0.2) is 5.18 Å². The second-order valence-electron chi connectivity index (χ2n) is 6.59. The van der Waals surface area contributed by atoms with Crippen LogP contribution in [0.4, 0.5) is 26.3 Å². The fraction of sp³-hybridized carbons (Fsp3) is 1.00. The summed E-state index contributed by atoms with van der Waals surface area (Å²) < 4.78 is 78.1. The van der Waals surface area contributed by atoms with Crippen molar-refractivity contribution in [2.75, 3.05) is 0 Å². The Kier molecular flexibility index (Phi) is 4.93. The van der Waals surface area contributed by atoms with Crippen molar-refractivity contribution < 1.29 is 31.4 Å². The van der Waals surface area contributed by atoms with Crippen molar-refractivity contribution in [3.8, 4) is 0 Å². The van der Waals surface area contributed by atoms with Crippen LogP contribution in [-0.2, 0) is 0 Å². The Morgan fingerprint density at radius 3 is 1.73 bits per heavy atom. The van der Waals surface area contributed by atoms with Gasteiger partial charge in [-0.05, 0) is 50.9 Å². The molecule has 0 saturated heterocycles. The maximum atomic E-state index is 13.1. The summed E-state index contributed by atoms with van der Waals surface area (Å²) in [6.45, 7) is 2.67. The molecule has 1 N–H and O–H groups in total. The van der Waals surface area contributed by atoms with E-state index in [9.17, 15) is 36.4 Å². The number of nitroso groups, excluding NO2 is 1. The second kappa shape index (κ2) is 5.65. The molecule has 0 aromatic rings. The third-order valence-corrected chi connectivity index (χ3v) is 4.87. The summed E-state index contributed by atoms with van der Waals surface area (Å²) in [6, 6.07) is 0. The summed E-state index contributed by atoms with van der Waals surface area (Å²) in [5.74, 6) is -3.29. The Labute approximate surface area is 124 Å². The largest absolute Gasteiger partial charge is 0.417 e. The van der Waals surface area contributed by atoms with Gasteiger partial charge < -0.3 is 5.11 Å². The Morgan fingerprint density at radius 2 is 1.36 bits per heavy atom. The summed E-state index contributed by atoms with van der Waals surface area (Å²) in [6.07, 6.45) is -10.6. The predicted octanol–water partition coefficient (Wildman–Crippen LogP) is 4.44. The number of alkyl halides is 6. The van der Waals surface area contributed by atoms with Crippen LogP contribution in [0.25, 0.3) is 0 Å². The van der Waals surface area contributed by atoms with Gasteiger partial charge in [0.2, 0.25) is 0 Å². The molecule has 5 unspecified atom stereocenters. The van der Waals surface area contributed by atoms with Gasteiger partial charge in [-0.3, -0.25) is 0 Å². The zero-order valence-corrected chi connectivity index (χ0v) is 12.4. The Hall–Kier alpha value is -0.860. The van der Waals surface area contributed by atoms with Crippen molar-refractivity contribution in [2.24, 2.45) is 22.9 Å². The molecule has 0 aromatic carbocycles. The van der Waals surface area contributed by atoms with Crippen LogP contribution < -0.4 is 0 Å². The van der Waals surface area contributed by atoms with Gasteiger partial charge in [0.1, 0.15) is 0 Å². The fourth-order valence-electron chi connectivity index (χ4n) is 3.11. The number of hydrogen-bond acceptors (Lipinski definition) is 3. The first-order valence-corrected chi connectivity index (χ1v) is 6.87. The van der Waals surface area contributed by atoms with Crippen molar-refractivity contribution in [2.45, 2.75) is 63.5 Å². The van der Waals surface area contributed by atoms with Crippen LogP contribution in [0.2, 0.25) is 0 Å². The van der Waals surface area contributed by atoms with Gasteiger partial charge in [-0.25, -0.2) is 0 Å². The van der Waals surface area contributed by atoms with E-state index in [1.54, 1.807) is 0 Å². The normalized spacial score (nSPS) is 32.9. The number of hydrogen-bond donors (Lipinski definition) is 1. The zero-order valence-electron chi connectivity index (χ0n) is 12.4. The molecule has 5 atom stereocenters. The molecule has 130 valence electrons. The van der Waals surface area contributed by atoms with Crippen molar-refractivity contribution in [3.63, 3.8) is 0 Å². The minimum absolute atomic E-state index is 0.0597. The van der Waals surface area contributed by atoms with Crippen LogP contribution in [0.3, 0.4) is 0 Å². The van der Waals surface area contributed by atoms with Gasteiger partial charge in [0.05, 0.1) is 0 Å². The lowest BCUT2D eigenvalue weighted by molar-refractivity contribution is -0.280. The van der Waals surface area contributed by atoms with E-state index in [0.29, 0.717) is 13.8 Å². The first-order valence-electron chi connectivity index (χ1n) is 6.87. The van der Waals surface area contributed by atoms with Crippen LogP contribution in [0.5, 0.6) is 0 Å². The van der Waals surface area contributed by atoms with Crippen molar-refractivity contribution in [1.29, 1.82) is 0 Å². The molecule has 0 bridgehead atoms. The Balaban J connectivity index is 3.14. The van der Waals surface area contributed by atoms with E-state index in [1.807, 2.05) is 0 Å². The average Bonchev–Trinajstić information content (AvgIpc) is 2.34. The first-order chi connectivity index (χ1) is 9.66. The van der Waals surface area contributed by atoms with Crippen LogP contribution in [0.1, 0.15) is 40.0 Å². The highest BCUT2D eigenvalue weighted by atomic mass is 19.4. The van der Waals surface area contributed by atoms with Gasteiger partial charge in [0.25, 0.3) is 0 Å². The molecule has 1 fully saturated rings. The lowest BCUT2D eigenvalue weighted by Gasteiger charge is -2.45. The van der Waals surface area contributed by atoms with Crippen LogP contribution in [0, 0.1) is 22.7 Å². The topological polar surface area (TPSA) is 49.7 Å². The molecular weight excluding hydrogens is 316 g/mol. The lowest BCUT2D eigenvalue weighted by atomic mass is 9.64. The molecule has 0 aliphatic heterocycles. The highest BCUT2D eigenvalue weighted by Crippen LogP contribution is 2.52. The molecule has 0 heterocycles. The highest BCUT2D eigenvalue weighted by molar-refractivity contribution is 5.03. The van der Waals surface area contributed by atoms with E-state index in [0.717, 1.165) is 0 Å². The summed E-state index contributed by atoms with van der Waals surface area (Å²) in [7, 11) is 0. The Bertz CT molecular complexity index is 420. The molecule has 0 spiro atoms. The molecule has 1 saturated carbocycles. The van der Waals surface area contributed by atoms with Gasteiger partial charge in [-0.1, -0.05) is 12.1 Å². The smallest absolute Gasteiger partial charge is 0.380 e. The van der Waals surface area contributed by atoms with Crippen molar-refractivity contribution in [3.05, 3.63) is 4.91 Å². The van der Waals surface area contributed by atoms with E-state index in [4.69, 9.17) is 0 Å². The zero-order chi connectivity index (χ0) is 17.6. The van der Waals surface area contributed by atoms with E-state index in [2.05, 4.69) is 5.18 Å².